The Morgan fingerprint density at radius 3 is 2.82 bits per heavy atom. The molecule has 11 heavy (non-hydrogen) atoms. The number of hydrogen-bond acceptors (Lipinski definition) is 2. The zero-order valence-corrected chi connectivity index (χ0v) is 8.50. The van der Waals surface area contributed by atoms with Crippen LogP contribution in [0.25, 0.3) is 0 Å². The maximum Gasteiger partial charge on any atom is 0.101 e. The van der Waals surface area contributed by atoms with Gasteiger partial charge >= 0.3 is 0 Å². The van der Waals surface area contributed by atoms with Crippen LogP contribution in [0.2, 0.25) is 0 Å². The number of aliphatic hydroxyl groups excluding tert-OH is 1. The highest BCUT2D eigenvalue weighted by Crippen LogP contribution is 2.08. The Hall–Kier alpha value is -0.160. The highest BCUT2D eigenvalue weighted by molar-refractivity contribution is 14.1. The molecular formula is C8H10INO. The first kappa shape index (κ1) is 8.93. The van der Waals surface area contributed by atoms with E-state index in [1.54, 1.807) is 0 Å². The van der Waals surface area contributed by atoms with Gasteiger partial charge in [-0.2, -0.15) is 0 Å². The SMILES string of the molecule is Cc1nc(I)ccc1CCO. The molecule has 3 heteroatoms. The predicted molar refractivity (Wildman–Crippen MR) is 52.5 cm³/mol. The molecule has 1 aromatic heterocycles. The van der Waals surface area contributed by atoms with E-state index < -0.39 is 0 Å². The summed E-state index contributed by atoms with van der Waals surface area (Å²) in [5.41, 5.74) is 2.15. The molecule has 0 bridgehead atoms. The third kappa shape index (κ3) is 2.41. The molecule has 0 atom stereocenters. The maximum atomic E-state index is 8.68. The van der Waals surface area contributed by atoms with Crippen molar-refractivity contribution in [3.8, 4) is 0 Å². The fourth-order valence-electron chi connectivity index (χ4n) is 0.944. The van der Waals surface area contributed by atoms with E-state index in [0.29, 0.717) is 6.42 Å². The van der Waals surface area contributed by atoms with Crippen molar-refractivity contribution in [2.75, 3.05) is 6.61 Å². The van der Waals surface area contributed by atoms with Gasteiger partial charge in [0, 0.05) is 12.3 Å². The van der Waals surface area contributed by atoms with Gasteiger partial charge in [0.15, 0.2) is 0 Å². The van der Waals surface area contributed by atoms with Gasteiger partial charge in [-0.15, -0.1) is 0 Å². The van der Waals surface area contributed by atoms with Gasteiger partial charge < -0.3 is 5.11 Å². The van der Waals surface area contributed by atoms with Crippen molar-refractivity contribution in [1.82, 2.24) is 4.98 Å². The van der Waals surface area contributed by atoms with Gasteiger partial charge in [-0.25, -0.2) is 4.98 Å². The number of aryl methyl sites for hydroxylation is 1. The summed E-state index contributed by atoms with van der Waals surface area (Å²) in [6.45, 7) is 2.16. The topological polar surface area (TPSA) is 33.1 Å². The van der Waals surface area contributed by atoms with Crippen LogP contribution in [-0.4, -0.2) is 16.7 Å². The lowest BCUT2D eigenvalue weighted by Gasteiger charge is -2.01. The second-order valence-electron chi connectivity index (χ2n) is 2.35. The van der Waals surface area contributed by atoms with Crippen molar-refractivity contribution in [1.29, 1.82) is 0 Å². The summed E-state index contributed by atoms with van der Waals surface area (Å²) < 4.78 is 1.00. The average molecular weight is 263 g/mol. The van der Waals surface area contributed by atoms with Crippen LogP contribution in [0.15, 0.2) is 12.1 Å². The lowest BCUT2D eigenvalue weighted by atomic mass is 10.1. The summed E-state index contributed by atoms with van der Waals surface area (Å²) in [5, 5.41) is 8.68. The Bertz CT molecular complexity index is 250. The Labute approximate surface area is 79.8 Å². The Morgan fingerprint density at radius 1 is 1.55 bits per heavy atom. The minimum Gasteiger partial charge on any atom is -0.396 e. The zero-order chi connectivity index (χ0) is 8.27. The van der Waals surface area contributed by atoms with Gasteiger partial charge in [-0.05, 0) is 47.6 Å². The van der Waals surface area contributed by atoms with E-state index in [1.807, 2.05) is 19.1 Å². The molecule has 0 aliphatic carbocycles. The maximum absolute atomic E-state index is 8.68. The average Bonchev–Trinajstić information content (AvgIpc) is 1.95. The molecule has 1 heterocycles. The lowest BCUT2D eigenvalue weighted by Crippen LogP contribution is -1.97. The van der Waals surface area contributed by atoms with Crippen molar-refractivity contribution in [3.05, 3.63) is 27.1 Å². The van der Waals surface area contributed by atoms with E-state index in [0.717, 1.165) is 15.0 Å². The van der Waals surface area contributed by atoms with Gasteiger partial charge in [-0.1, -0.05) is 6.07 Å². The van der Waals surface area contributed by atoms with Crippen LogP contribution in [0, 0.1) is 10.6 Å². The van der Waals surface area contributed by atoms with Crippen LogP contribution in [0.5, 0.6) is 0 Å². The quantitative estimate of drug-likeness (QED) is 0.648. The molecule has 0 saturated carbocycles. The molecule has 0 aromatic carbocycles. The summed E-state index contributed by atoms with van der Waals surface area (Å²) in [5.74, 6) is 0. The highest BCUT2D eigenvalue weighted by Gasteiger charge is 1.98. The number of rotatable bonds is 2. The fourth-order valence-corrected chi connectivity index (χ4v) is 1.49. The molecule has 2 nitrogen and oxygen atoms in total. The first-order valence-electron chi connectivity index (χ1n) is 3.47. The number of halogens is 1. The molecule has 1 N–H and O–H groups in total. The molecule has 0 aliphatic rings. The Morgan fingerprint density at radius 2 is 2.27 bits per heavy atom. The second kappa shape index (κ2) is 4.01. The molecule has 1 rings (SSSR count). The summed E-state index contributed by atoms with van der Waals surface area (Å²) >= 11 is 2.18. The molecular weight excluding hydrogens is 253 g/mol. The summed E-state index contributed by atoms with van der Waals surface area (Å²) in [7, 11) is 0. The molecule has 0 radical (unpaired) electrons. The largest absolute Gasteiger partial charge is 0.396 e. The highest BCUT2D eigenvalue weighted by atomic mass is 127. The fraction of sp³-hybridized carbons (Fsp3) is 0.375. The molecule has 0 fully saturated rings. The number of aliphatic hydroxyl groups is 1. The molecule has 0 saturated heterocycles. The number of aromatic nitrogens is 1. The van der Waals surface area contributed by atoms with Crippen LogP contribution in [0.1, 0.15) is 11.3 Å². The molecule has 0 amide bonds. The number of nitrogens with zero attached hydrogens (tertiary/aromatic N) is 1. The number of hydrogen-bond donors (Lipinski definition) is 1. The molecule has 0 unspecified atom stereocenters. The van der Waals surface area contributed by atoms with Gasteiger partial charge in [0.25, 0.3) is 0 Å². The Kier molecular flexibility index (Phi) is 3.26. The van der Waals surface area contributed by atoms with Gasteiger partial charge in [-0.3, -0.25) is 0 Å². The molecule has 60 valence electrons. The van der Waals surface area contributed by atoms with E-state index in [4.69, 9.17) is 5.11 Å². The van der Waals surface area contributed by atoms with Gasteiger partial charge in [0.1, 0.15) is 3.70 Å². The number of pyridine rings is 1. The van der Waals surface area contributed by atoms with E-state index in [1.165, 1.54) is 0 Å². The van der Waals surface area contributed by atoms with Crippen LogP contribution < -0.4 is 0 Å². The molecule has 0 spiro atoms. The van der Waals surface area contributed by atoms with Crippen molar-refractivity contribution < 1.29 is 5.11 Å². The summed E-state index contributed by atoms with van der Waals surface area (Å²) in [6, 6.07) is 3.97. The summed E-state index contributed by atoms with van der Waals surface area (Å²) in [6.07, 6.45) is 0.704. The minimum absolute atomic E-state index is 0.198. The molecule has 0 aliphatic heterocycles. The lowest BCUT2D eigenvalue weighted by molar-refractivity contribution is 0.299. The van der Waals surface area contributed by atoms with E-state index in [-0.39, 0.29) is 6.61 Å². The normalized spacial score (nSPS) is 10.1. The first-order valence-corrected chi connectivity index (χ1v) is 4.55. The second-order valence-corrected chi connectivity index (χ2v) is 3.46. The van der Waals surface area contributed by atoms with Gasteiger partial charge in [0.05, 0.1) is 0 Å². The third-order valence-corrected chi connectivity index (χ3v) is 2.14. The van der Waals surface area contributed by atoms with E-state index in [2.05, 4.69) is 27.6 Å². The summed E-state index contributed by atoms with van der Waals surface area (Å²) in [4.78, 5) is 4.27. The zero-order valence-electron chi connectivity index (χ0n) is 6.34. The monoisotopic (exact) mass is 263 g/mol. The van der Waals surface area contributed by atoms with Crippen LogP contribution in [-0.2, 0) is 6.42 Å². The van der Waals surface area contributed by atoms with E-state index in [9.17, 15) is 0 Å². The van der Waals surface area contributed by atoms with E-state index >= 15 is 0 Å². The minimum atomic E-state index is 0.198. The van der Waals surface area contributed by atoms with Crippen molar-refractivity contribution >= 4 is 22.6 Å². The standard InChI is InChI=1S/C8H10INO/c1-6-7(4-5-11)2-3-8(9)10-6/h2-3,11H,4-5H2,1H3. The molecule has 1 aromatic rings. The van der Waals surface area contributed by atoms with Crippen LogP contribution in [0.3, 0.4) is 0 Å². The Balaban J connectivity index is 2.90. The van der Waals surface area contributed by atoms with Gasteiger partial charge in [0.2, 0.25) is 0 Å². The predicted octanol–water partition coefficient (Wildman–Crippen LogP) is 1.53. The van der Waals surface area contributed by atoms with Crippen molar-refractivity contribution in [2.24, 2.45) is 0 Å². The van der Waals surface area contributed by atoms with Crippen molar-refractivity contribution in [3.63, 3.8) is 0 Å². The first-order chi connectivity index (χ1) is 5.24. The van der Waals surface area contributed by atoms with Crippen LogP contribution >= 0.6 is 22.6 Å². The van der Waals surface area contributed by atoms with Crippen molar-refractivity contribution in [2.45, 2.75) is 13.3 Å². The smallest absolute Gasteiger partial charge is 0.101 e. The van der Waals surface area contributed by atoms with Crippen LogP contribution in [0.4, 0.5) is 0 Å². The third-order valence-electron chi connectivity index (χ3n) is 1.54.